The minimum absolute atomic E-state index is 0.103. The topological polar surface area (TPSA) is 92.7 Å². The third-order valence-corrected chi connectivity index (χ3v) is 5.47. The lowest BCUT2D eigenvalue weighted by Gasteiger charge is -2.41. The summed E-state index contributed by atoms with van der Waals surface area (Å²) in [5.74, 6) is 2.49. The Labute approximate surface area is 168 Å². The van der Waals surface area contributed by atoms with Crippen molar-refractivity contribution < 1.29 is 19.3 Å². The first-order chi connectivity index (χ1) is 14.0. The molecule has 1 fully saturated rings. The zero-order valence-electron chi connectivity index (χ0n) is 16.7. The number of methoxy groups -OCH3 is 1. The van der Waals surface area contributed by atoms with Crippen LogP contribution in [-0.2, 0) is 10.3 Å². The number of ether oxygens (including phenoxy) is 3. The fourth-order valence-corrected chi connectivity index (χ4v) is 4.00. The Morgan fingerprint density at radius 2 is 2.14 bits per heavy atom. The van der Waals surface area contributed by atoms with Gasteiger partial charge in [0.05, 0.1) is 26.4 Å². The highest BCUT2D eigenvalue weighted by Gasteiger charge is 2.37. The van der Waals surface area contributed by atoms with Gasteiger partial charge in [0.2, 0.25) is 0 Å². The highest BCUT2D eigenvalue weighted by Crippen LogP contribution is 2.42. The van der Waals surface area contributed by atoms with Crippen molar-refractivity contribution in [2.75, 3.05) is 38.4 Å². The molecule has 0 amide bonds. The molecule has 29 heavy (non-hydrogen) atoms. The van der Waals surface area contributed by atoms with E-state index in [2.05, 4.69) is 9.88 Å². The Balaban J connectivity index is 1.76. The molecule has 0 saturated carbocycles. The van der Waals surface area contributed by atoms with Gasteiger partial charge in [0.1, 0.15) is 23.7 Å². The van der Waals surface area contributed by atoms with E-state index in [-0.39, 0.29) is 6.04 Å². The van der Waals surface area contributed by atoms with Gasteiger partial charge in [-0.3, -0.25) is 0 Å². The number of morpholine rings is 1. The summed E-state index contributed by atoms with van der Waals surface area (Å²) in [5.41, 5.74) is 1.07. The number of aliphatic hydroxyl groups is 1. The highest BCUT2D eigenvalue weighted by atomic mass is 16.5. The van der Waals surface area contributed by atoms with E-state index in [1.54, 1.807) is 21.0 Å². The van der Waals surface area contributed by atoms with Gasteiger partial charge in [-0.2, -0.15) is 0 Å². The Hall–Kier alpha value is -2.84. The van der Waals surface area contributed by atoms with Gasteiger partial charge < -0.3 is 29.2 Å². The average molecular weight is 396 g/mol. The zero-order chi connectivity index (χ0) is 20.2. The fraction of sp³-hybridized carbons (Fsp3) is 0.429. The van der Waals surface area contributed by atoms with Crippen LogP contribution in [0, 0.1) is 0 Å². The van der Waals surface area contributed by atoms with Crippen LogP contribution in [-0.4, -0.2) is 59.6 Å². The number of aromatic nitrogens is 3. The van der Waals surface area contributed by atoms with Gasteiger partial charge >= 0.3 is 0 Å². The smallest absolute Gasteiger partial charge is 0.186 e. The van der Waals surface area contributed by atoms with Crippen molar-refractivity contribution >= 4 is 16.7 Å². The van der Waals surface area contributed by atoms with E-state index in [1.165, 1.54) is 0 Å². The first kappa shape index (κ1) is 18.2. The molecule has 1 saturated heterocycles. The maximum Gasteiger partial charge on any atom is 0.186 e. The molecular weight excluding hydrogens is 372 g/mol. The molecular formula is C21H24N4O4. The summed E-state index contributed by atoms with van der Waals surface area (Å²) in [6.07, 6.45) is 1.88. The van der Waals surface area contributed by atoms with Gasteiger partial charge in [0.15, 0.2) is 17.4 Å². The van der Waals surface area contributed by atoms with Crippen molar-refractivity contribution in [2.24, 2.45) is 0 Å². The molecule has 1 unspecified atom stereocenters. The number of hydrogen-bond acceptors (Lipinski definition) is 7. The molecule has 2 N–H and O–H groups in total. The van der Waals surface area contributed by atoms with Crippen LogP contribution < -0.4 is 14.4 Å². The number of H-pyrrole nitrogens is 1. The molecule has 0 radical (unpaired) electrons. The van der Waals surface area contributed by atoms with E-state index >= 15 is 0 Å². The van der Waals surface area contributed by atoms with E-state index in [0.717, 1.165) is 23.0 Å². The van der Waals surface area contributed by atoms with Crippen molar-refractivity contribution in [3.8, 4) is 22.9 Å². The van der Waals surface area contributed by atoms with Crippen molar-refractivity contribution in [3.05, 3.63) is 30.1 Å². The predicted molar refractivity (Wildman–Crippen MR) is 109 cm³/mol. The zero-order valence-corrected chi connectivity index (χ0v) is 16.7. The Morgan fingerprint density at radius 3 is 2.93 bits per heavy atom. The minimum atomic E-state index is -1.18. The monoisotopic (exact) mass is 396 g/mol. The number of nitrogens with zero attached hydrogens (tertiary/aromatic N) is 3. The van der Waals surface area contributed by atoms with Gasteiger partial charge in [-0.25, -0.2) is 9.97 Å². The van der Waals surface area contributed by atoms with Crippen LogP contribution in [0.4, 0.5) is 5.82 Å². The molecule has 0 bridgehead atoms. The standard InChI is InChI=1S/C21H24N4O4/c1-21(2,26)18-17-20(25-6-7-28-10-12(25)11-29-17)24-19(23-18)15-8-13(27-3)9-16-14(15)4-5-22-16/h4-5,8-9,12,22,26H,6-7,10-11H2,1-3H3. The van der Waals surface area contributed by atoms with Crippen LogP contribution in [0.1, 0.15) is 19.5 Å². The molecule has 1 aromatic carbocycles. The number of aromatic amines is 1. The number of anilines is 1. The van der Waals surface area contributed by atoms with Crippen LogP contribution in [0.25, 0.3) is 22.3 Å². The summed E-state index contributed by atoms with van der Waals surface area (Å²) in [6, 6.07) is 5.96. The molecule has 2 aliphatic rings. The minimum Gasteiger partial charge on any atom is -0.497 e. The van der Waals surface area contributed by atoms with Gasteiger partial charge in [-0.15, -0.1) is 0 Å². The second kappa shape index (κ2) is 6.60. The van der Waals surface area contributed by atoms with Crippen LogP contribution >= 0.6 is 0 Å². The third-order valence-electron chi connectivity index (χ3n) is 5.47. The fourth-order valence-electron chi connectivity index (χ4n) is 4.00. The van der Waals surface area contributed by atoms with Crippen molar-refractivity contribution in [1.29, 1.82) is 0 Å². The van der Waals surface area contributed by atoms with Crippen LogP contribution in [0.2, 0.25) is 0 Å². The van der Waals surface area contributed by atoms with E-state index in [4.69, 9.17) is 24.2 Å². The summed E-state index contributed by atoms with van der Waals surface area (Å²) in [4.78, 5) is 15.1. The molecule has 5 rings (SSSR count). The van der Waals surface area contributed by atoms with Gasteiger partial charge in [0, 0.05) is 35.3 Å². The number of hydrogen-bond donors (Lipinski definition) is 2. The molecule has 1 atom stereocenters. The molecule has 0 spiro atoms. The molecule has 2 aliphatic heterocycles. The van der Waals surface area contributed by atoms with E-state index in [9.17, 15) is 5.11 Å². The van der Waals surface area contributed by atoms with Crippen LogP contribution in [0.5, 0.6) is 11.5 Å². The molecule has 4 heterocycles. The van der Waals surface area contributed by atoms with E-state index in [1.807, 2.05) is 24.4 Å². The van der Waals surface area contributed by atoms with Crippen LogP contribution in [0.15, 0.2) is 24.4 Å². The lowest BCUT2D eigenvalue weighted by molar-refractivity contribution is 0.0563. The van der Waals surface area contributed by atoms with Crippen LogP contribution in [0.3, 0.4) is 0 Å². The van der Waals surface area contributed by atoms with E-state index in [0.29, 0.717) is 48.7 Å². The number of rotatable bonds is 3. The molecule has 2 aromatic heterocycles. The second-order valence-corrected chi connectivity index (χ2v) is 7.95. The molecule has 152 valence electrons. The number of benzene rings is 1. The Morgan fingerprint density at radius 1 is 1.28 bits per heavy atom. The third kappa shape index (κ3) is 2.99. The lowest BCUT2D eigenvalue weighted by atomic mass is 10.0. The predicted octanol–water partition coefficient (Wildman–Crippen LogP) is 2.46. The van der Waals surface area contributed by atoms with Crippen molar-refractivity contribution in [2.45, 2.75) is 25.5 Å². The largest absolute Gasteiger partial charge is 0.497 e. The molecule has 8 heteroatoms. The Bertz CT molecular complexity index is 1070. The maximum absolute atomic E-state index is 10.8. The summed E-state index contributed by atoms with van der Waals surface area (Å²) < 4.78 is 17.1. The number of nitrogens with one attached hydrogen (secondary N) is 1. The summed E-state index contributed by atoms with van der Waals surface area (Å²) in [7, 11) is 1.63. The quantitative estimate of drug-likeness (QED) is 0.702. The summed E-state index contributed by atoms with van der Waals surface area (Å²) in [6.45, 7) is 5.86. The molecule has 0 aliphatic carbocycles. The van der Waals surface area contributed by atoms with Gasteiger partial charge in [-0.05, 0) is 26.0 Å². The van der Waals surface area contributed by atoms with E-state index < -0.39 is 5.60 Å². The molecule has 8 nitrogen and oxygen atoms in total. The number of fused-ring (bicyclic) bond motifs is 4. The first-order valence-corrected chi connectivity index (χ1v) is 9.73. The maximum atomic E-state index is 10.8. The highest BCUT2D eigenvalue weighted by molar-refractivity contribution is 5.95. The summed E-state index contributed by atoms with van der Waals surface area (Å²) in [5, 5.41) is 11.8. The second-order valence-electron chi connectivity index (χ2n) is 7.95. The van der Waals surface area contributed by atoms with Crippen molar-refractivity contribution in [1.82, 2.24) is 15.0 Å². The lowest BCUT2D eigenvalue weighted by Crippen LogP contribution is -2.52. The average Bonchev–Trinajstić information content (AvgIpc) is 3.20. The van der Waals surface area contributed by atoms with Gasteiger partial charge in [0.25, 0.3) is 0 Å². The summed E-state index contributed by atoms with van der Waals surface area (Å²) >= 11 is 0. The van der Waals surface area contributed by atoms with Crippen molar-refractivity contribution in [3.63, 3.8) is 0 Å². The normalized spacial score (nSPS) is 18.9. The Kier molecular flexibility index (Phi) is 4.15. The molecule has 3 aromatic rings. The SMILES string of the molecule is COc1cc(-c2nc3c(c(C(C)(C)O)n2)OCC2COCCN32)c2cc[nH]c2c1. The first-order valence-electron chi connectivity index (χ1n) is 9.73. The van der Waals surface area contributed by atoms with Gasteiger partial charge in [-0.1, -0.05) is 0 Å².